The van der Waals surface area contributed by atoms with Crippen molar-refractivity contribution in [3.8, 4) is 5.75 Å². The molecule has 2 aromatic carbocycles. The molecule has 0 spiro atoms. The van der Waals surface area contributed by atoms with E-state index in [2.05, 4.69) is 38.3 Å². The van der Waals surface area contributed by atoms with Crippen molar-refractivity contribution < 1.29 is 13.9 Å². The minimum absolute atomic E-state index is 0.0244. The number of amides is 1. The van der Waals surface area contributed by atoms with Gasteiger partial charge in [-0.25, -0.2) is 0 Å². The van der Waals surface area contributed by atoms with E-state index in [-0.39, 0.29) is 23.1 Å². The van der Waals surface area contributed by atoms with Crippen molar-refractivity contribution in [1.29, 1.82) is 0 Å². The first kappa shape index (κ1) is 20.6. The summed E-state index contributed by atoms with van der Waals surface area (Å²) in [5, 5.41) is 3.44. The number of carbonyl (C=O) groups excluding carboxylic acids is 1. The Labute approximate surface area is 183 Å². The summed E-state index contributed by atoms with van der Waals surface area (Å²) in [6.07, 6.45) is 1.70. The summed E-state index contributed by atoms with van der Waals surface area (Å²) in [6, 6.07) is 14.5. The molecule has 1 N–H and O–H groups in total. The Hall–Kier alpha value is -2.64. The molecule has 4 rings (SSSR count). The zero-order chi connectivity index (χ0) is 21.1. The van der Waals surface area contributed by atoms with Gasteiger partial charge in [0.05, 0.1) is 12.5 Å². The molecule has 1 saturated heterocycles. The number of carbonyl (C=O) groups is 1. The lowest BCUT2D eigenvalue weighted by Crippen LogP contribution is -2.44. The van der Waals surface area contributed by atoms with Gasteiger partial charge in [0, 0.05) is 42.3 Å². The Morgan fingerprint density at radius 1 is 1.20 bits per heavy atom. The van der Waals surface area contributed by atoms with E-state index in [0.29, 0.717) is 16.7 Å². The molecular weight excluding hydrogens is 448 g/mol. The average molecular weight is 471 g/mol. The van der Waals surface area contributed by atoms with E-state index in [1.807, 2.05) is 12.1 Å². The van der Waals surface area contributed by atoms with Crippen molar-refractivity contribution >= 4 is 32.8 Å². The van der Waals surface area contributed by atoms with Crippen molar-refractivity contribution in [2.45, 2.75) is 25.4 Å². The van der Waals surface area contributed by atoms with Crippen LogP contribution in [0.25, 0.3) is 11.0 Å². The maximum atomic E-state index is 12.7. The third kappa shape index (κ3) is 4.57. The zero-order valence-corrected chi connectivity index (χ0v) is 18.3. The summed E-state index contributed by atoms with van der Waals surface area (Å²) < 4.78 is 12.0. The van der Waals surface area contributed by atoms with Gasteiger partial charge in [-0.15, -0.1) is 0 Å². The van der Waals surface area contributed by atoms with Crippen LogP contribution >= 0.6 is 15.9 Å². The number of likely N-dealkylation sites (tertiary alicyclic amines) is 1. The molecule has 1 amide bonds. The molecule has 3 aromatic rings. The van der Waals surface area contributed by atoms with Gasteiger partial charge in [-0.05, 0) is 36.6 Å². The van der Waals surface area contributed by atoms with Gasteiger partial charge in [-0.3, -0.25) is 14.5 Å². The van der Waals surface area contributed by atoms with Crippen LogP contribution in [0.15, 0.2) is 62.2 Å². The van der Waals surface area contributed by atoms with E-state index in [1.54, 1.807) is 25.3 Å². The second-order valence-corrected chi connectivity index (χ2v) is 8.31. The van der Waals surface area contributed by atoms with Gasteiger partial charge in [0.25, 0.3) is 5.91 Å². The number of fused-ring (bicyclic) bond motifs is 1. The monoisotopic (exact) mass is 470 g/mol. The molecule has 7 heteroatoms. The van der Waals surface area contributed by atoms with Crippen LogP contribution in [0.3, 0.4) is 0 Å². The number of nitrogens with zero attached hydrogens (tertiary/aromatic N) is 1. The molecule has 0 saturated carbocycles. The van der Waals surface area contributed by atoms with Crippen LogP contribution in [0.1, 0.15) is 29.0 Å². The number of ether oxygens (including phenoxy) is 1. The smallest absolute Gasteiger partial charge is 0.287 e. The summed E-state index contributed by atoms with van der Waals surface area (Å²) in [7, 11) is 1.54. The first-order valence-electron chi connectivity index (χ1n) is 9.92. The van der Waals surface area contributed by atoms with E-state index < -0.39 is 0 Å². The minimum Gasteiger partial charge on any atom is -0.497 e. The normalized spacial score (nSPS) is 15.3. The number of hydrogen-bond donors (Lipinski definition) is 1. The molecule has 0 aliphatic carbocycles. The Kier molecular flexibility index (Phi) is 6.20. The molecule has 1 aliphatic heterocycles. The Balaban J connectivity index is 1.39. The van der Waals surface area contributed by atoms with Crippen LogP contribution in [0.4, 0.5) is 0 Å². The van der Waals surface area contributed by atoms with Crippen LogP contribution in [0, 0.1) is 0 Å². The molecule has 0 atom stereocenters. The van der Waals surface area contributed by atoms with Gasteiger partial charge in [-0.1, -0.05) is 34.1 Å². The van der Waals surface area contributed by atoms with Crippen molar-refractivity contribution in [2.24, 2.45) is 0 Å². The van der Waals surface area contributed by atoms with Gasteiger partial charge in [0.15, 0.2) is 11.2 Å². The number of nitrogens with one attached hydrogen (secondary N) is 1. The molecule has 0 unspecified atom stereocenters. The largest absolute Gasteiger partial charge is 0.497 e. The first-order chi connectivity index (χ1) is 14.5. The van der Waals surface area contributed by atoms with Gasteiger partial charge < -0.3 is 14.5 Å². The van der Waals surface area contributed by atoms with Gasteiger partial charge in [-0.2, -0.15) is 0 Å². The number of benzene rings is 2. The second kappa shape index (κ2) is 9.02. The summed E-state index contributed by atoms with van der Waals surface area (Å²) in [5.41, 5.74) is 1.36. The van der Waals surface area contributed by atoms with Crippen LogP contribution in [-0.2, 0) is 6.54 Å². The SMILES string of the molecule is COc1ccc2c(=O)cc(C(=O)NC3CCN(Cc4ccccc4Br)CC3)oc2c1. The molecule has 2 heterocycles. The topological polar surface area (TPSA) is 71.8 Å². The minimum atomic E-state index is -0.360. The van der Waals surface area contributed by atoms with E-state index in [0.717, 1.165) is 36.9 Å². The third-order valence-electron chi connectivity index (χ3n) is 5.43. The summed E-state index contributed by atoms with van der Waals surface area (Å²) in [5.74, 6) is 0.234. The van der Waals surface area contributed by atoms with E-state index in [9.17, 15) is 9.59 Å². The zero-order valence-electron chi connectivity index (χ0n) is 16.7. The maximum absolute atomic E-state index is 12.7. The number of methoxy groups -OCH3 is 1. The fraction of sp³-hybridized carbons (Fsp3) is 0.304. The van der Waals surface area contributed by atoms with Crippen molar-refractivity contribution in [1.82, 2.24) is 10.2 Å². The predicted octanol–water partition coefficient (Wildman–Crippen LogP) is 3.96. The number of hydrogen-bond acceptors (Lipinski definition) is 5. The second-order valence-electron chi connectivity index (χ2n) is 7.45. The Morgan fingerprint density at radius 2 is 1.97 bits per heavy atom. The van der Waals surface area contributed by atoms with Crippen LogP contribution in [0.2, 0.25) is 0 Å². The van der Waals surface area contributed by atoms with Crippen LogP contribution < -0.4 is 15.5 Å². The van der Waals surface area contributed by atoms with E-state index in [4.69, 9.17) is 9.15 Å². The molecule has 6 nitrogen and oxygen atoms in total. The lowest BCUT2D eigenvalue weighted by atomic mass is 10.0. The summed E-state index contributed by atoms with van der Waals surface area (Å²) in [4.78, 5) is 27.4. The van der Waals surface area contributed by atoms with Gasteiger partial charge in [0.1, 0.15) is 11.3 Å². The standard InChI is InChI=1S/C23H23BrN2O4/c1-29-17-6-7-18-20(27)13-22(30-21(18)12-17)23(28)25-16-8-10-26(11-9-16)14-15-4-2-3-5-19(15)24/h2-7,12-13,16H,8-11,14H2,1H3,(H,25,28). The Morgan fingerprint density at radius 3 is 2.70 bits per heavy atom. The maximum Gasteiger partial charge on any atom is 0.287 e. The highest BCUT2D eigenvalue weighted by Crippen LogP contribution is 2.21. The van der Waals surface area contributed by atoms with Crippen molar-refractivity contribution in [2.75, 3.05) is 20.2 Å². The number of rotatable bonds is 5. The lowest BCUT2D eigenvalue weighted by Gasteiger charge is -2.32. The van der Waals surface area contributed by atoms with E-state index >= 15 is 0 Å². The van der Waals surface area contributed by atoms with Gasteiger partial charge in [0.2, 0.25) is 0 Å². The molecular formula is C23H23BrN2O4. The van der Waals surface area contributed by atoms with Crippen LogP contribution in [-0.4, -0.2) is 37.0 Å². The predicted molar refractivity (Wildman–Crippen MR) is 119 cm³/mol. The third-order valence-corrected chi connectivity index (χ3v) is 6.21. The van der Waals surface area contributed by atoms with Crippen molar-refractivity contribution in [3.05, 3.63) is 74.6 Å². The highest BCUT2D eigenvalue weighted by molar-refractivity contribution is 9.10. The molecule has 1 fully saturated rings. The molecule has 1 aromatic heterocycles. The molecule has 1 aliphatic rings. The Bertz CT molecular complexity index is 1120. The summed E-state index contributed by atoms with van der Waals surface area (Å²) in [6.45, 7) is 2.67. The highest BCUT2D eigenvalue weighted by atomic mass is 79.9. The lowest BCUT2D eigenvalue weighted by molar-refractivity contribution is 0.0881. The fourth-order valence-corrected chi connectivity index (χ4v) is 4.14. The molecule has 0 radical (unpaired) electrons. The quantitative estimate of drug-likeness (QED) is 0.610. The summed E-state index contributed by atoms with van der Waals surface area (Å²) >= 11 is 3.60. The van der Waals surface area contributed by atoms with Crippen molar-refractivity contribution in [3.63, 3.8) is 0 Å². The number of halogens is 1. The highest BCUT2D eigenvalue weighted by Gasteiger charge is 2.23. The average Bonchev–Trinajstić information content (AvgIpc) is 2.76. The molecule has 30 heavy (non-hydrogen) atoms. The van der Waals surface area contributed by atoms with E-state index in [1.165, 1.54) is 11.6 Å². The molecule has 156 valence electrons. The molecule has 0 bridgehead atoms. The first-order valence-corrected chi connectivity index (χ1v) is 10.7. The fourth-order valence-electron chi connectivity index (χ4n) is 3.73. The van der Waals surface area contributed by atoms with Crippen LogP contribution in [0.5, 0.6) is 5.75 Å². The van der Waals surface area contributed by atoms with Gasteiger partial charge >= 0.3 is 0 Å². The number of piperidine rings is 1.